The van der Waals surface area contributed by atoms with E-state index >= 15 is 0 Å². The lowest BCUT2D eigenvalue weighted by atomic mass is 9.84. The number of hydrogen-bond acceptors (Lipinski definition) is 6. The molecule has 206 valence electrons. The minimum Gasteiger partial charge on any atom is -0.497 e. The Morgan fingerprint density at radius 2 is 1.68 bits per heavy atom. The van der Waals surface area contributed by atoms with E-state index in [4.69, 9.17) is 23.4 Å². The summed E-state index contributed by atoms with van der Waals surface area (Å²) in [6.45, 7) is 15.0. The van der Waals surface area contributed by atoms with E-state index in [0.29, 0.717) is 0 Å². The molecule has 2 aromatic rings. The van der Waals surface area contributed by atoms with Gasteiger partial charge >= 0.3 is 6.09 Å². The Hall–Kier alpha value is -2.65. The zero-order valence-corrected chi connectivity index (χ0v) is 24.7. The summed E-state index contributed by atoms with van der Waals surface area (Å²) in [6, 6.07) is 17.0. The molecule has 0 unspecified atom stereocenters. The van der Waals surface area contributed by atoms with Crippen LogP contribution >= 0.6 is 0 Å². The summed E-state index contributed by atoms with van der Waals surface area (Å²) in [5.74, 6) is -0.0394. The third kappa shape index (κ3) is 6.31. The quantitative estimate of drug-likeness (QED) is 0.416. The van der Waals surface area contributed by atoms with Crippen molar-refractivity contribution in [1.29, 1.82) is 0 Å². The number of ether oxygens (including phenoxy) is 4. The molecule has 8 heteroatoms. The van der Waals surface area contributed by atoms with E-state index in [-0.39, 0.29) is 17.7 Å². The first-order valence-corrected chi connectivity index (χ1v) is 16.1. The summed E-state index contributed by atoms with van der Waals surface area (Å²) >= 11 is 0. The van der Waals surface area contributed by atoms with Crippen molar-refractivity contribution in [3.63, 3.8) is 0 Å². The maximum Gasteiger partial charge on any atom is 0.408 e. The van der Waals surface area contributed by atoms with Crippen LogP contribution in [0.4, 0.5) is 4.79 Å². The van der Waals surface area contributed by atoms with Crippen molar-refractivity contribution in [2.24, 2.45) is 0 Å². The van der Waals surface area contributed by atoms with Gasteiger partial charge in [0, 0.05) is 0 Å². The molecule has 1 heterocycles. The van der Waals surface area contributed by atoms with E-state index in [1.165, 1.54) is 0 Å². The van der Waals surface area contributed by atoms with Crippen molar-refractivity contribution in [2.45, 2.75) is 89.5 Å². The van der Waals surface area contributed by atoms with Crippen LogP contribution in [0.5, 0.6) is 5.75 Å². The van der Waals surface area contributed by atoms with Crippen LogP contribution in [0.1, 0.15) is 45.7 Å². The van der Waals surface area contributed by atoms with Gasteiger partial charge in [-0.05, 0) is 60.8 Å². The highest BCUT2D eigenvalue weighted by Crippen LogP contribution is 2.45. The second kappa shape index (κ2) is 10.8. The molecule has 4 atom stereocenters. The molecule has 1 N–H and O–H groups in total. The summed E-state index contributed by atoms with van der Waals surface area (Å²) < 4.78 is 30.8. The van der Waals surface area contributed by atoms with Crippen LogP contribution in [0.25, 0.3) is 5.57 Å². The number of carbonyl (C=O) groups excluding carboxylic acids is 1. The zero-order chi connectivity index (χ0) is 27.7. The van der Waals surface area contributed by atoms with E-state index in [1.54, 1.807) is 7.11 Å². The number of alkyl carbamates (subject to hydrolysis) is 1. The monoisotopic (exact) mass is 539 g/mol. The zero-order valence-electron chi connectivity index (χ0n) is 23.7. The Balaban J connectivity index is 1.68. The molecule has 7 nitrogen and oxygen atoms in total. The van der Waals surface area contributed by atoms with Crippen LogP contribution in [0.15, 0.2) is 60.7 Å². The predicted octanol–water partition coefficient (Wildman–Crippen LogP) is 6.30. The number of benzene rings is 2. The maximum absolute atomic E-state index is 13.0. The number of rotatable bonds is 7. The summed E-state index contributed by atoms with van der Waals surface area (Å²) in [5.41, 5.74) is 2.83. The first-order chi connectivity index (χ1) is 17.8. The van der Waals surface area contributed by atoms with Gasteiger partial charge in [-0.15, -0.1) is 0 Å². The number of nitrogens with one attached hydrogen (secondary N) is 1. The molecule has 1 fully saturated rings. The van der Waals surface area contributed by atoms with Crippen molar-refractivity contribution < 1.29 is 28.2 Å². The van der Waals surface area contributed by atoms with Crippen LogP contribution in [0.3, 0.4) is 0 Å². The molecule has 1 aliphatic heterocycles. The lowest BCUT2D eigenvalue weighted by Gasteiger charge is -2.45. The molecule has 2 aromatic carbocycles. The molecule has 1 amide bonds. The summed E-state index contributed by atoms with van der Waals surface area (Å²) in [7, 11) is -0.606. The molecule has 2 aliphatic rings. The summed E-state index contributed by atoms with van der Waals surface area (Å²) in [5, 5.41) is 3.04. The van der Waals surface area contributed by atoms with E-state index in [1.807, 2.05) is 74.5 Å². The molecular formula is C30H41NO6Si. The van der Waals surface area contributed by atoms with Crippen LogP contribution < -0.4 is 10.1 Å². The Bertz CT molecular complexity index is 1140. The SMILES string of the molecule is COc1ccc(C2=C[C@@H](NC(=O)OCc3ccccc3)[C@@H](O[Si](C)(C)C(C)(C)C)[C@@H]3OC(C)(C)O[C@H]23)cc1. The topological polar surface area (TPSA) is 75.3 Å². The normalized spacial score (nSPS) is 24.8. The number of methoxy groups -OCH3 is 1. The fourth-order valence-electron chi connectivity index (χ4n) is 4.58. The molecule has 38 heavy (non-hydrogen) atoms. The van der Waals surface area contributed by atoms with Gasteiger partial charge in [0.05, 0.1) is 19.3 Å². The molecule has 0 radical (unpaired) electrons. The maximum atomic E-state index is 13.0. The second-order valence-corrected chi connectivity index (χ2v) is 16.7. The average Bonchev–Trinajstić information content (AvgIpc) is 3.19. The first-order valence-electron chi connectivity index (χ1n) is 13.2. The van der Waals surface area contributed by atoms with Gasteiger partial charge < -0.3 is 28.7 Å². The van der Waals surface area contributed by atoms with Crippen LogP contribution in [-0.2, 0) is 25.2 Å². The van der Waals surface area contributed by atoms with Gasteiger partial charge in [-0.1, -0.05) is 69.3 Å². The van der Waals surface area contributed by atoms with Gasteiger partial charge in [0.1, 0.15) is 24.6 Å². The minimum absolute atomic E-state index is 0.0319. The largest absolute Gasteiger partial charge is 0.497 e. The Kier molecular flexibility index (Phi) is 8.09. The highest BCUT2D eigenvalue weighted by molar-refractivity contribution is 6.74. The fourth-order valence-corrected chi connectivity index (χ4v) is 5.90. The summed E-state index contributed by atoms with van der Waals surface area (Å²) in [6.07, 6.45) is 0.306. The lowest BCUT2D eigenvalue weighted by Crippen LogP contribution is -2.59. The Morgan fingerprint density at radius 1 is 1.03 bits per heavy atom. The van der Waals surface area contributed by atoms with Crippen LogP contribution in [0, 0.1) is 0 Å². The standard InChI is InChI=1S/C30H41NO6Si/c1-29(2,3)38(7,8)37-26-24(31-28(32)34-19-20-12-10-9-11-13-20)18-23(21-14-16-22(33-6)17-15-21)25-27(26)36-30(4,5)35-25/h9-18,24-27H,19H2,1-8H3,(H,31,32)/t24-,25-,26-,27-/m1/s1. The van der Waals surface area contributed by atoms with Gasteiger partial charge in [0.15, 0.2) is 14.1 Å². The molecular weight excluding hydrogens is 498 g/mol. The highest BCUT2D eigenvalue weighted by Gasteiger charge is 2.54. The van der Waals surface area contributed by atoms with Gasteiger partial charge in [0.25, 0.3) is 0 Å². The van der Waals surface area contributed by atoms with Crippen molar-refractivity contribution in [3.8, 4) is 5.75 Å². The lowest BCUT2D eigenvalue weighted by molar-refractivity contribution is -0.152. The van der Waals surface area contributed by atoms with Gasteiger partial charge in [-0.3, -0.25) is 0 Å². The number of carbonyl (C=O) groups is 1. The molecule has 0 spiro atoms. The highest BCUT2D eigenvalue weighted by atomic mass is 28.4. The van der Waals surface area contributed by atoms with Crippen molar-refractivity contribution in [1.82, 2.24) is 5.32 Å². The minimum atomic E-state index is -2.25. The predicted molar refractivity (Wildman–Crippen MR) is 150 cm³/mol. The van der Waals surface area contributed by atoms with E-state index in [9.17, 15) is 4.79 Å². The molecule has 1 aliphatic carbocycles. The van der Waals surface area contributed by atoms with E-state index < -0.39 is 38.4 Å². The average molecular weight is 540 g/mol. The first kappa shape index (κ1) is 28.4. The van der Waals surface area contributed by atoms with Crippen molar-refractivity contribution in [2.75, 3.05) is 7.11 Å². The molecule has 4 rings (SSSR count). The molecule has 0 saturated carbocycles. The van der Waals surface area contributed by atoms with Crippen molar-refractivity contribution in [3.05, 3.63) is 71.8 Å². The van der Waals surface area contributed by atoms with E-state index in [0.717, 1.165) is 22.4 Å². The Morgan fingerprint density at radius 3 is 2.29 bits per heavy atom. The third-order valence-corrected chi connectivity index (χ3v) is 12.1. The smallest absolute Gasteiger partial charge is 0.408 e. The molecule has 1 saturated heterocycles. The molecule has 0 aromatic heterocycles. The number of amides is 1. The summed E-state index contributed by atoms with van der Waals surface area (Å²) in [4.78, 5) is 13.0. The van der Waals surface area contributed by atoms with Gasteiger partial charge in [0.2, 0.25) is 0 Å². The van der Waals surface area contributed by atoms with Crippen LogP contribution in [-0.4, -0.2) is 51.7 Å². The number of fused-ring (bicyclic) bond motifs is 1. The Labute approximate surface area is 227 Å². The second-order valence-electron chi connectivity index (χ2n) is 11.9. The van der Waals surface area contributed by atoms with Gasteiger partial charge in [-0.25, -0.2) is 4.79 Å². The number of hydrogen-bond donors (Lipinski definition) is 1. The van der Waals surface area contributed by atoms with E-state index in [2.05, 4.69) is 39.2 Å². The van der Waals surface area contributed by atoms with Crippen LogP contribution in [0.2, 0.25) is 18.1 Å². The third-order valence-electron chi connectivity index (χ3n) is 7.63. The molecule has 0 bridgehead atoms. The van der Waals surface area contributed by atoms with Gasteiger partial charge in [-0.2, -0.15) is 0 Å². The van der Waals surface area contributed by atoms with Crippen molar-refractivity contribution >= 4 is 20.0 Å². The fraction of sp³-hybridized carbons (Fsp3) is 0.500.